The SMILES string of the molecule is Cc1cc(F)c2[nH]c(=O)cc(C(=O)Nc3cc(-c4nccn4C)[nH]n3)c2c1. The van der Waals surface area contributed by atoms with Gasteiger partial charge in [0.1, 0.15) is 11.5 Å². The Balaban J connectivity index is 1.71. The van der Waals surface area contributed by atoms with E-state index in [-0.39, 0.29) is 16.9 Å². The normalized spacial score (nSPS) is 11.1. The van der Waals surface area contributed by atoms with Crippen LogP contribution in [0.5, 0.6) is 0 Å². The molecule has 1 amide bonds. The van der Waals surface area contributed by atoms with Crippen LogP contribution in [0.2, 0.25) is 0 Å². The summed E-state index contributed by atoms with van der Waals surface area (Å²) in [5.74, 6) is -0.232. The summed E-state index contributed by atoms with van der Waals surface area (Å²) >= 11 is 0. The number of hydrogen-bond acceptors (Lipinski definition) is 4. The highest BCUT2D eigenvalue weighted by atomic mass is 19.1. The number of nitrogens with zero attached hydrogens (tertiary/aromatic N) is 3. The van der Waals surface area contributed by atoms with E-state index >= 15 is 0 Å². The minimum absolute atomic E-state index is 0.00558. The molecule has 1 aromatic carbocycles. The van der Waals surface area contributed by atoms with Crippen LogP contribution in [0.15, 0.2) is 41.5 Å². The van der Waals surface area contributed by atoms with Crippen LogP contribution < -0.4 is 10.9 Å². The Morgan fingerprint density at radius 3 is 2.81 bits per heavy atom. The molecule has 0 saturated heterocycles. The van der Waals surface area contributed by atoms with Crippen molar-refractivity contribution in [3.05, 3.63) is 64.0 Å². The highest BCUT2D eigenvalue weighted by molar-refractivity contribution is 6.12. The molecule has 0 saturated carbocycles. The van der Waals surface area contributed by atoms with Gasteiger partial charge in [-0.15, -0.1) is 0 Å². The number of aromatic amines is 2. The molecule has 3 N–H and O–H groups in total. The van der Waals surface area contributed by atoms with Crippen molar-refractivity contribution in [3.8, 4) is 11.5 Å². The van der Waals surface area contributed by atoms with Crippen LogP contribution in [0, 0.1) is 12.7 Å². The minimum atomic E-state index is -0.589. The number of imidazole rings is 1. The van der Waals surface area contributed by atoms with Gasteiger partial charge in [0, 0.05) is 37.0 Å². The van der Waals surface area contributed by atoms with Crippen molar-refractivity contribution < 1.29 is 9.18 Å². The van der Waals surface area contributed by atoms with Crippen molar-refractivity contribution in [3.63, 3.8) is 0 Å². The molecular weight excluding hydrogens is 351 g/mol. The van der Waals surface area contributed by atoms with Crippen molar-refractivity contribution in [2.75, 3.05) is 5.32 Å². The molecule has 0 aliphatic carbocycles. The van der Waals surface area contributed by atoms with Gasteiger partial charge in [-0.05, 0) is 24.6 Å². The first kappa shape index (κ1) is 16.7. The van der Waals surface area contributed by atoms with E-state index in [1.165, 1.54) is 6.07 Å². The first-order valence-electron chi connectivity index (χ1n) is 8.10. The van der Waals surface area contributed by atoms with Crippen molar-refractivity contribution in [1.29, 1.82) is 0 Å². The summed E-state index contributed by atoms with van der Waals surface area (Å²) in [6.45, 7) is 1.71. The van der Waals surface area contributed by atoms with E-state index in [9.17, 15) is 14.0 Å². The van der Waals surface area contributed by atoms with Crippen molar-refractivity contribution in [2.45, 2.75) is 6.92 Å². The summed E-state index contributed by atoms with van der Waals surface area (Å²) in [4.78, 5) is 31.2. The molecule has 0 aliphatic heterocycles. The van der Waals surface area contributed by atoms with E-state index in [4.69, 9.17) is 0 Å². The first-order valence-corrected chi connectivity index (χ1v) is 8.10. The topological polar surface area (TPSA) is 108 Å². The van der Waals surface area contributed by atoms with Gasteiger partial charge in [-0.25, -0.2) is 9.37 Å². The number of benzene rings is 1. The number of carbonyl (C=O) groups is 1. The Kier molecular flexibility index (Phi) is 3.84. The molecule has 136 valence electrons. The van der Waals surface area contributed by atoms with Gasteiger partial charge in [-0.3, -0.25) is 14.7 Å². The van der Waals surface area contributed by atoms with Crippen LogP contribution >= 0.6 is 0 Å². The van der Waals surface area contributed by atoms with Gasteiger partial charge in [0.05, 0.1) is 11.1 Å². The molecule has 3 aromatic heterocycles. The quantitative estimate of drug-likeness (QED) is 0.517. The number of hydrogen-bond donors (Lipinski definition) is 3. The Morgan fingerprint density at radius 2 is 2.07 bits per heavy atom. The maximum Gasteiger partial charge on any atom is 0.257 e. The van der Waals surface area contributed by atoms with E-state index in [0.29, 0.717) is 22.5 Å². The zero-order valence-corrected chi connectivity index (χ0v) is 14.5. The van der Waals surface area contributed by atoms with Crippen LogP contribution in [0.1, 0.15) is 15.9 Å². The maximum absolute atomic E-state index is 14.2. The third-order valence-electron chi connectivity index (χ3n) is 4.17. The van der Waals surface area contributed by atoms with Crippen LogP contribution in [0.4, 0.5) is 10.2 Å². The number of H-pyrrole nitrogens is 2. The zero-order chi connectivity index (χ0) is 19.1. The third kappa shape index (κ3) is 2.99. The number of rotatable bonds is 3. The Morgan fingerprint density at radius 1 is 1.26 bits per heavy atom. The van der Waals surface area contributed by atoms with E-state index in [1.54, 1.807) is 36.0 Å². The first-order chi connectivity index (χ1) is 12.9. The van der Waals surface area contributed by atoms with E-state index in [2.05, 4.69) is 25.5 Å². The average molecular weight is 366 g/mol. The number of carbonyl (C=O) groups excluding carboxylic acids is 1. The summed E-state index contributed by atoms with van der Waals surface area (Å²) < 4.78 is 16.0. The van der Waals surface area contributed by atoms with Crippen molar-refractivity contribution in [1.82, 2.24) is 24.7 Å². The lowest BCUT2D eigenvalue weighted by Gasteiger charge is -2.08. The van der Waals surface area contributed by atoms with Crippen LogP contribution in [-0.2, 0) is 7.05 Å². The fourth-order valence-electron chi connectivity index (χ4n) is 2.95. The molecule has 4 rings (SSSR count). The van der Waals surface area contributed by atoms with Gasteiger partial charge >= 0.3 is 0 Å². The lowest BCUT2D eigenvalue weighted by Crippen LogP contribution is -2.17. The molecule has 27 heavy (non-hydrogen) atoms. The summed E-state index contributed by atoms with van der Waals surface area (Å²) in [6, 6.07) is 5.71. The van der Waals surface area contributed by atoms with Gasteiger partial charge in [0.25, 0.3) is 5.91 Å². The van der Waals surface area contributed by atoms with Gasteiger partial charge in [-0.2, -0.15) is 5.10 Å². The second-order valence-corrected chi connectivity index (χ2v) is 6.20. The summed E-state index contributed by atoms with van der Waals surface area (Å²) in [7, 11) is 1.83. The number of halogens is 1. The predicted octanol–water partition coefficient (Wildman–Crippen LogP) is 2.35. The Hall–Kier alpha value is -3.75. The molecule has 3 heterocycles. The van der Waals surface area contributed by atoms with Crippen molar-refractivity contribution >= 4 is 22.6 Å². The third-order valence-corrected chi connectivity index (χ3v) is 4.17. The van der Waals surface area contributed by atoms with Gasteiger partial charge < -0.3 is 14.9 Å². The molecule has 0 bridgehead atoms. The van der Waals surface area contributed by atoms with Gasteiger partial charge in [-0.1, -0.05) is 0 Å². The number of amides is 1. The lowest BCUT2D eigenvalue weighted by atomic mass is 10.1. The monoisotopic (exact) mass is 366 g/mol. The number of aryl methyl sites for hydroxylation is 2. The highest BCUT2D eigenvalue weighted by Crippen LogP contribution is 2.22. The van der Waals surface area contributed by atoms with Crippen LogP contribution in [0.25, 0.3) is 22.4 Å². The maximum atomic E-state index is 14.2. The standard InChI is InChI=1S/C18H15FN6O2/c1-9-5-10-11(7-15(26)22-16(10)12(19)6-9)18(27)21-14-8-13(23-24-14)17-20-3-4-25(17)2/h3-8H,1-2H3,(H,22,26)(H2,21,23,24,27). The second kappa shape index (κ2) is 6.20. The summed E-state index contributed by atoms with van der Waals surface area (Å²) in [5.41, 5.74) is 0.756. The molecule has 0 atom stereocenters. The number of nitrogens with one attached hydrogen (secondary N) is 3. The summed E-state index contributed by atoms with van der Waals surface area (Å²) in [6.07, 6.45) is 3.43. The number of fused-ring (bicyclic) bond motifs is 1. The van der Waals surface area contributed by atoms with Crippen LogP contribution in [0.3, 0.4) is 0 Å². The molecule has 0 radical (unpaired) electrons. The molecule has 8 nitrogen and oxygen atoms in total. The molecule has 0 aliphatic rings. The molecule has 0 spiro atoms. The number of pyridine rings is 1. The molecular formula is C18H15FN6O2. The predicted molar refractivity (Wildman–Crippen MR) is 98.0 cm³/mol. The van der Waals surface area contributed by atoms with E-state index in [0.717, 1.165) is 6.07 Å². The Labute approximate surface area is 152 Å². The fraction of sp³-hybridized carbons (Fsp3) is 0.111. The second-order valence-electron chi connectivity index (χ2n) is 6.20. The largest absolute Gasteiger partial charge is 0.333 e. The molecule has 0 unspecified atom stereocenters. The van der Waals surface area contributed by atoms with Crippen molar-refractivity contribution in [2.24, 2.45) is 7.05 Å². The van der Waals surface area contributed by atoms with E-state index < -0.39 is 17.3 Å². The fourth-order valence-corrected chi connectivity index (χ4v) is 2.95. The Bertz CT molecular complexity index is 1240. The van der Waals surface area contributed by atoms with Gasteiger partial charge in [0.15, 0.2) is 11.6 Å². The highest BCUT2D eigenvalue weighted by Gasteiger charge is 2.16. The smallest absolute Gasteiger partial charge is 0.257 e. The van der Waals surface area contributed by atoms with Gasteiger partial charge in [0.2, 0.25) is 5.56 Å². The zero-order valence-electron chi connectivity index (χ0n) is 14.5. The lowest BCUT2D eigenvalue weighted by molar-refractivity contribution is 0.102. The number of aromatic nitrogens is 5. The number of anilines is 1. The average Bonchev–Trinajstić information content (AvgIpc) is 3.23. The van der Waals surface area contributed by atoms with Crippen LogP contribution in [-0.4, -0.2) is 30.6 Å². The summed E-state index contributed by atoms with van der Waals surface area (Å²) in [5, 5.41) is 9.79. The molecule has 4 aromatic rings. The molecule has 0 fully saturated rings. The van der Waals surface area contributed by atoms with E-state index in [1.807, 2.05) is 7.05 Å². The minimum Gasteiger partial charge on any atom is -0.333 e. The molecule has 9 heteroatoms.